The van der Waals surface area contributed by atoms with Crippen molar-refractivity contribution in [3.8, 4) is 0 Å². The molecule has 0 N–H and O–H groups in total. The van der Waals surface area contributed by atoms with Crippen molar-refractivity contribution in [1.82, 2.24) is 0 Å². The minimum absolute atomic E-state index is 0. The smallest absolute Gasteiger partial charge is 0.418 e. The van der Waals surface area contributed by atoms with Crippen LogP contribution >= 0.6 is 0 Å². The topological polar surface area (TPSA) is 0 Å². The van der Waals surface area contributed by atoms with Crippen LogP contribution in [0.4, 0.5) is 17.3 Å². The summed E-state index contributed by atoms with van der Waals surface area (Å²) >= 11 is 0. The summed E-state index contributed by atoms with van der Waals surface area (Å²) in [6.45, 7) is 0. The van der Waals surface area contributed by atoms with Crippen molar-refractivity contribution < 1.29 is 46.8 Å². The third-order valence-corrected chi connectivity index (χ3v) is 0. The van der Waals surface area contributed by atoms with E-state index in [0.717, 1.165) is 0 Å². The summed E-state index contributed by atoms with van der Waals surface area (Å²) < 4.78 is 39.0. The Bertz CT molecular complexity index is 23.0. The predicted octanol–water partition coefficient (Wildman–Crippen LogP) is -1.70. The van der Waals surface area contributed by atoms with Crippen molar-refractivity contribution in [3.05, 3.63) is 0 Å². The van der Waals surface area contributed by atoms with Crippen molar-refractivity contribution in [2.24, 2.45) is 0 Å². The van der Waals surface area contributed by atoms with Gasteiger partial charge in [0.25, 0.3) is 0 Å². The van der Waals surface area contributed by atoms with Gasteiger partial charge in [-0.15, -0.1) is 0 Å². The molecule has 0 aliphatic heterocycles. The van der Waals surface area contributed by atoms with Crippen molar-refractivity contribution in [2.45, 2.75) is 0 Å². The van der Waals surface area contributed by atoms with Crippen LogP contribution in [0.2, 0.25) is 0 Å². The zero-order valence-corrected chi connectivity index (χ0v) is 5.09. The van der Waals surface area contributed by atoms with Gasteiger partial charge < -0.3 is 17.3 Å². The Hall–Kier alpha value is 0.785. The minimum atomic E-state index is -6.00. The second-order valence-corrected chi connectivity index (χ2v) is 0.495. The van der Waals surface area contributed by atoms with Crippen LogP contribution in [0.25, 0.3) is 0 Å². The molecule has 0 aromatic carbocycles. The maximum atomic E-state index is 9.75. The van der Waals surface area contributed by atoms with Gasteiger partial charge in [-0.25, -0.2) is 0 Å². The van der Waals surface area contributed by atoms with Crippen LogP contribution in [0.3, 0.4) is 0 Å². The fourth-order valence-corrected chi connectivity index (χ4v) is 0. The monoisotopic (exact) mass is 110 g/mol. The summed E-state index contributed by atoms with van der Waals surface area (Å²) in [7, 11) is -6.00. The SMILES string of the molecule is F[B-](F)(F)F.[Na+]. The molecule has 0 heterocycles. The predicted molar refractivity (Wildman–Crippen MR) is 10.2 cm³/mol. The van der Waals surface area contributed by atoms with Crippen molar-refractivity contribution in [2.75, 3.05) is 0 Å². The van der Waals surface area contributed by atoms with Gasteiger partial charge in [0, 0.05) is 0 Å². The minimum Gasteiger partial charge on any atom is -0.418 e. The van der Waals surface area contributed by atoms with E-state index >= 15 is 0 Å². The maximum Gasteiger partial charge on any atom is 1.00 e. The molecule has 6 heavy (non-hydrogen) atoms. The molecule has 0 fully saturated rings. The molecule has 0 unspecified atom stereocenters. The zero-order valence-electron chi connectivity index (χ0n) is 3.09. The third-order valence-electron chi connectivity index (χ3n) is 0. The molecule has 0 spiro atoms. The molecule has 0 saturated carbocycles. The number of hydrogen-bond acceptors (Lipinski definition) is 0. The molecule has 0 atom stereocenters. The number of halogens is 4. The molecule has 0 amide bonds. The molecular formula is BF4Na. The molecule has 0 radical (unpaired) electrons. The van der Waals surface area contributed by atoms with E-state index in [4.69, 9.17) is 0 Å². The fraction of sp³-hybridized carbons (Fsp3) is 0. The maximum absolute atomic E-state index is 9.75. The molecule has 0 bridgehead atoms. The van der Waals surface area contributed by atoms with E-state index in [2.05, 4.69) is 0 Å². The fourth-order valence-electron chi connectivity index (χ4n) is 0. The normalized spacial score (nSPS) is 10.0. The van der Waals surface area contributed by atoms with Crippen LogP contribution in [0.15, 0.2) is 0 Å². The molecule has 0 aromatic heterocycles. The quantitative estimate of drug-likeness (QED) is 0.257. The van der Waals surface area contributed by atoms with Gasteiger partial charge in [0.15, 0.2) is 0 Å². The Morgan fingerprint density at radius 1 is 0.833 bits per heavy atom. The Balaban J connectivity index is 0. The first-order valence-corrected chi connectivity index (χ1v) is 0.873. The first-order valence-electron chi connectivity index (χ1n) is 0.873. The molecule has 0 rings (SSSR count). The standard InChI is InChI=1S/BF4.Na/c2-1(3,4)5;/q-1;+1. The van der Waals surface area contributed by atoms with Crippen LogP contribution in [-0.2, 0) is 0 Å². The Morgan fingerprint density at radius 3 is 0.833 bits per heavy atom. The van der Waals surface area contributed by atoms with E-state index in [-0.39, 0.29) is 29.6 Å². The van der Waals surface area contributed by atoms with Gasteiger partial charge in [0.1, 0.15) is 0 Å². The number of rotatable bonds is 0. The van der Waals surface area contributed by atoms with Crippen molar-refractivity contribution >= 4 is 7.25 Å². The van der Waals surface area contributed by atoms with E-state index in [9.17, 15) is 17.3 Å². The van der Waals surface area contributed by atoms with Gasteiger partial charge >= 0.3 is 36.8 Å². The second kappa shape index (κ2) is 2.88. The van der Waals surface area contributed by atoms with Crippen LogP contribution in [-0.4, -0.2) is 7.25 Å². The van der Waals surface area contributed by atoms with E-state index in [1.807, 2.05) is 0 Å². The summed E-state index contributed by atoms with van der Waals surface area (Å²) in [4.78, 5) is 0. The van der Waals surface area contributed by atoms with Gasteiger partial charge in [-0.05, 0) is 0 Å². The van der Waals surface area contributed by atoms with E-state index < -0.39 is 7.25 Å². The number of hydrogen-bond donors (Lipinski definition) is 0. The molecule has 0 aliphatic rings. The average molecular weight is 110 g/mol. The van der Waals surface area contributed by atoms with Crippen LogP contribution < -0.4 is 29.6 Å². The summed E-state index contributed by atoms with van der Waals surface area (Å²) in [5.74, 6) is 0. The van der Waals surface area contributed by atoms with Crippen LogP contribution in [0.1, 0.15) is 0 Å². The molecule has 0 nitrogen and oxygen atoms in total. The van der Waals surface area contributed by atoms with Crippen molar-refractivity contribution in [1.29, 1.82) is 0 Å². The molecule has 0 aromatic rings. The van der Waals surface area contributed by atoms with Crippen molar-refractivity contribution in [3.63, 3.8) is 0 Å². The molecule has 6 heteroatoms. The summed E-state index contributed by atoms with van der Waals surface area (Å²) in [6.07, 6.45) is 0. The van der Waals surface area contributed by atoms with E-state index in [1.165, 1.54) is 0 Å². The van der Waals surface area contributed by atoms with Gasteiger partial charge in [-0.3, -0.25) is 0 Å². The average Bonchev–Trinajstić information content (AvgIpc) is 0.722. The first kappa shape index (κ1) is 9.92. The molecule has 32 valence electrons. The summed E-state index contributed by atoms with van der Waals surface area (Å²) in [5.41, 5.74) is 0. The van der Waals surface area contributed by atoms with E-state index in [1.54, 1.807) is 0 Å². The van der Waals surface area contributed by atoms with Gasteiger partial charge in [0.2, 0.25) is 0 Å². The van der Waals surface area contributed by atoms with Gasteiger partial charge in [0.05, 0.1) is 0 Å². The van der Waals surface area contributed by atoms with E-state index in [0.29, 0.717) is 0 Å². The molecule has 0 aliphatic carbocycles. The van der Waals surface area contributed by atoms with Gasteiger partial charge in [-0.1, -0.05) is 0 Å². The second-order valence-electron chi connectivity index (χ2n) is 0.495. The van der Waals surface area contributed by atoms with Crippen LogP contribution in [0.5, 0.6) is 0 Å². The molecular weight excluding hydrogens is 110 g/mol. The first-order chi connectivity index (χ1) is 2.00. The Labute approximate surface area is 54.3 Å². The summed E-state index contributed by atoms with van der Waals surface area (Å²) in [5, 5.41) is 0. The Morgan fingerprint density at radius 2 is 0.833 bits per heavy atom. The van der Waals surface area contributed by atoms with Gasteiger partial charge in [-0.2, -0.15) is 0 Å². The molecule has 0 saturated heterocycles. The third kappa shape index (κ3) is 111. The van der Waals surface area contributed by atoms with Crippen LogP contribution in [0, 0.1) is 0 Å². The largest absolute Gasteiger partial charge is 1.00 e. The summed E-state index contributed by atoms with van der Waals surface area (Å²) in [6, 6.07) is 0. The Kier molecular flexibility index (Phi) is 4.76. The zero-order chi connectivity index (χ0) is 4.50.